The molecular weight excluding hydrogens is 269 g/mol. The van der Waals surface area contributed by atoms with Crippen LogP contribution in [0.2, 0.25) is 0 Å². The maximum atomic E-state index is 12.6. The molecule has 1 aromatic rings. The molecule has 6 heteroatoms. The smallest absolute Gasteiger partial charge is 0.377 e. The molecule has 0 saturated carbocycles. The first-order valence-corrected chi connectivity index (χ1v) is 6.42. The number of ether oxygens (including phenoxy) is 1. The van der Waals surface area contributed by atoms with Gasteiger partial charge in [0, 0.05) is 13.2 Å². The molecule has 0 aromatic heterocycles. The SMILES string of the molecule is N#CC(NCC1CCCO1)c1cccc(C(F)(F)F)c1. The second kappa shape index (κ2) is 6.25. The molecule has 0 radical (unpaired) electrons. The molecule has 20 heavy (non-hydrogen) atoms. The highest BCUT2D eigenvalue weighted by Crippen LogP contribution is 2.30. The van der Waals surface area contributed by atoms with E-state index in [9.17, 15) is 13.2 Å². The third-order valence-corrected chi connectivity index (χ3v) is 3.25. The molecule has 0 amide bonds. The van der Waals surface area contributed by atoms with E-state index in [1.165, 1.54) is 12.1 Å². The summed E-state index contributed by atoms with van der Waals surface area (Å²) >= 11 is 0. The van der Waals surface area contributed by atoms with Gasteiger partial charge in [0.05, 0.1) is 17.7 Å². The van der Waals surface area contributed by atoms with E-state index in [0.717, 1.165) is 25.0 Å². The molecule has 108 valence electrons. The molecule has 0 spiro atoms. The molecular formula is C14H15F3N2O. The first-order chi connectivity index (χ1) is 9.50. The number of nitriles is 1. The van der Waals surface area contributed by atoms with Gasteiger partial charge in [0.2, 0.25) is 0 Å². The highest BCUT2D eigenvalue weighted by molar-refractivity contribution is 5.30. The van der Waals surface area contributed by atoms with Crippen molar-refractivity contribution in [1.29, 1.82) is 5.26 Å². The van der Waals surface area contributed by atoms with E-state index in [0.29, 0.717) is 18.7 Å². The van der Waals surface area contributed by atoms with Crippen LogP contribution in [0.3, 0.4) is 0 Å². The fraction of sp³-hybridized carbons (Fsp3) is 0.500. The van der Waals surface area contributed by atoms with Crippen LogP contribution in [-0.2, 0) is 10.9 Å². The Morgan fingerprint density at radius 3 is 2.85 bits per heavy atom. The Balaban J connectivity index is 2.05. The number of alkyl halides is 3. The minimum Gasteiger partial charge on any atom is -0.377 e. The number of nitrogens with zero attached hydrogens (tertiary/aromatic N) is 1. The highest BCUT2D eigenvalue weighted by atomic mass is 19.4. The first kappa shape index (κ1) is 14.8. The van der Waals surface area contributed by atoms with Gasteiger partial charge in [-0.3, -0.25) is 5.32 Å². The van der Waals surface area contributed by atoms with Gasteiger partial charge < -0.3 is 4.74 Å². The first-order valence-electron chi connectivity index (χ1n) is 6.42. The Kier molecular flexibility index (Phi) is 4.63. The average molecular weight is 284 g/mol. The standard InChI is InChI=1S/C14H15F3N2O/c15-14(16,17)11-4-1-3-10(7-11)13(8-18)19-9-12-5-2-6-20-12/h1,3-4,7,12-13,19H,2,5-6,9H2. The van der Waals surface area contributed by atoms with E-state index >= 15 is 0 Å². The molecule has 0 aliphatic carbocycles. The second-order valence-corrected chi connectivity index (χ2v) is 4.73. The topological polar surface area (TPSA) is 45.0 Å². The summed E-state index contributed by atoms with van der Waals surface area (Å²) in [7, 11) is 0. The molecule has 1 heterocycles. The molecule has 1 saturated heterocycles. The average Bonchev–Trinajstić information content (AvgIpc) is 2.92. The summed E-state index contributed by atoms with van der Waals surface area (Å²) in [6.45, 7) is 1.17. The van der Waals surface area contributed by atoms with Crippen molar-refractivity contribution >= 4 is 0 Å². The number of hydrogen-bond donors (Lipinski definition) is 1. The van der Waals surface area contributed by atoms with Crippen molar-refractivity contribution < 1.29 is 17.9 Å². The van der Waals surface area contributed by atoms with Crippen LogP contribution in [0.4, 0.5) is 13.2 Å². The Bertz CT molecular complexity index is 490. The zero-order chi connectivity index (χ0) is 14.6. The molecule has 2 atom stereocenters. The Morgan fingerprint density at radius 2 is 2.25 bits per heavy atom. The van der Waals surface area contributed by atoms with E-state index in [4.69, 9.17) is 10.00 Å². The van der Waals surface area contributed by atoms with Gasteiger partial charge in [0.25, 0.3) is 0 Å². The van der Waals surface area contributed by atoms with Crippen LogP contribution in [0.25, 0.3) is 0 Å². The molecule has 1 fully saturated rings. The second-order valence-electron chi connectivity index (χ2n) is 4.73. The molecule has 2 rings (SSSR count). The maximum absolute atomic E-state index is 12.6. The molecule has 1 aliphatic rings. The number of hydrogen-bond acceptors (Lipinski definition) is 3. The third kappa shape index (κ3) is 3.71. The zero-order valence-corrected chi connectivity index (χ0v) is 10.8. The molecule has 1 aromatic carbocycles. The van der Waals surface area contributed by atoms with Crippen molar-refractivity contribution in [3.05, 3.63) is 35.4 Å². The van der Waals surface area contributed by atoms with Gasteiger partial charge in [-0.15, -0.1) is 0 Å². The summed E-state index contributed by atoms with van der Waals surface area (Å²) < 4.78 is 43.3. The number of halogens is 3. The van der Waals surface area contributed by atoms with Crippen molar-refractivity contribution in [3.8, 4) is 6.07 Å². The lowest BCUT2D eigenvalue weighted by atomic mass is 10.0. The normalized spacial score (nSPS) is 20.6. The summed E-state index contributed by atoms with van der Waals surface area (Å²) in [5, 5.41) is 12.1. The summed E-state index contributed by atoms with van der Waals surface area (Å²) in [4.78, 5) is 0. The van der Waals surface area contributed by atoms with Crippen LogP contribution in [0.5, 0.6) is 0 Å². The van der Waals surface area contributed by atoms with E-state index < -0.39 is 17.8 Å². The fourth-order valence-electron chi connectivity index (χ4n) is 2.19. The minimum atomic E-state index is -4.40. The third-order valence-electron chi connectivity index (χ3n) is 3.25. The van der Waals surface area contributed by atoms with Crippen molar-refractivity contribution in [2.24, 2.45) is 0 Å². The molecule has 2 unspecified atom stereocenters. The van der Waals surface area contributed by atoms with Crippen molar-refractivity contribution in [2.75, 3.05) is 13.2 Å². The lowest BCUT2D eigenvalue weighted by molar-refractivity contribution is -0.137. The Hall–Kier alpha value is -1.58. The van der Waals surface area contributed by atoms with E-state index in [-0.39, 0.29) is 6.10 Å². The number of nitrogens with one attached hydrogen (secondary N) is 1. The minimum absolute atomic E-state index is 0.0386. The lowest BCUT2D eigenvalue weighted by Gasteiger charge is -2.16. The van der Waals surface area contributed by atoms with Crippen LogP contribution < -0.4 is 5.32 Å². The quantitative estimate of drug-likeness (QED) is 0.924. The van der Waals surface area contributed by atoms with E-state index in [1.54, 1.807) is 0 Å². The van der Waals surface area contributed by atoms with E-state index in [1.807, 2.05) is 6.07 Å². The molecule has 1 N–H and O–H groups in total. The van der Waals surface area contributed by atoms with Crippen LogP contribution in [0.15, 0.2) is 24.3 Å². The van der Waals surface area contributed by atoms with Gasteiger partial charge in [0.1, 0.15) is 6.04 Å². The van der Waals surface area contributed by atoms with Gasteiger partial charge in [-0.1, -0.05) is 12.1 Å². The van der Waals surface area contributed by atoms with Crippen LogP contribution >= 0.6 is 0 Å². The zero-order valence-electron chi connectivity index (χ0n) is 10.8. The van der Waals surface area contributed by atoms with Gasteiger partial charge in [-0.05, 0) is 30.5 Å². The van der Waals surface area contributed by atoms with Crippen LogP contribution in [0.1, 0.15) is 30.0 Å². The van der Waals surface area contributed by atoms with Crippen LogP contribution in [0, 0.1) is 11.3 Å². The summed E-state index contributed by atoms with van der Waals surface area (Å²) in [6.07, 6.45) is -2.47. The predicted molar refractivity (Wildman–Crippen MR) is 66.8 cm³/mol. The summed E-state index contributed by atoms with van der Waals surface area (Å²) in [5.74, 6) is 0. The molecule has 3 nitrogen and oxygen atoms in total. The monoisotopic (exact) mass is 284 g/mol. The number of rotatable bonds is 4. The Morgan fingerprint density at radius 1 is 1.45 bits per heavy atom. The van der Waals surface area contributed by atoms with Crippen LogP contribution in [-0.4, -0.2) is 19.3 Å². The lowest BCUT2D eigenvalue weighted by Crippen LogP contribution is -2.29. The summed E-state index contributed by atoms with van der Waals surface area (Å²) in [6, 6.07) is 6.07. The Labute approximate surface area is 115 Å². The van der Waals surface area contributed by atoms with E-state index in [2.05, 4.69) is 5.32 Å². The maximum Gasteiger partial charge on any atom is 0.416 e. The molecule has 1 aliphatic heterocycles. The van der Waals surface area contributed by atoms with Gasteiger partial charge in [-0.25, -0.2) is 0 Å². The molecule has 0 bridgehead atoms. The van der Waals surface area contributed by atoms with Gasteiger partial charge in [0.15, 0.2) is 0 Å². The number of benzene rings is 1. The fourth-order valence-corrected chi connectivity index (χ4v) is 2.19. The van der Waals surface area contributed by atoms with Crippen molar-refractivity contribution in [1.82, 2.24) is 5.32 Å². The van der Waals surface area contributed by atoms with Gasteiger partial charge >= 0.3 is 6.18 Å². The largest absolute Gasteiger partial charge is 0.416 e. The van der Waals surface area contributed by atoms with Gasteiger partial charge in [-0.2, -0.15) is 18.4 Å². The predicted octanol–water partition coefficient (Wildman–Crippen LogP) is 3.04. The van der Waals surface area contributed by atoms with Crippen molar-refractivity contribution in [3.63, 3.8) is 0 Å². The highest BCUT2D eigenvalue weighted by Gasteiger charge is 2.31. The van der Waals surface area contributed by atoms with Crippen molar-refractivity contribution in [2.45, 2.75) is 31.2 Å². The summed E-state index contributed by atoms with van der Waals surface area (Å²) in [5.41, 5.74) is -0.422.